The van der Waals surface area contributed by atoms with E-state index < -0.39 is 4.92 Å². The Labute approximate surface area is 116 Å². The van der Waals surface area contributed by atoms with Gasteiger partial charge in [-0.3, -0.25) is 14.9 Å². The van der Waals surface area contributed by atoms with Crippen LogP contribution in [0.1, 0.15) is 10.4 Å². The van der Waals surface area contributed by atoms with E-state index >= 15 is 0 Å². The molecule has 2 aromatic heterocycles. The van der Waals surface area contributed by atoms with Crippen LogP contribution in [-0.4, -0.2) is 36.5 Å². The summed E-state index contributed by atoms with van der Waals surface area (Å²) in [4.78, 5) is 21.1. The van der Waals surface area contributed by atoms with Gasteiger partial charge in [-0.15, -0.1) is 14.8 Å². The van der Waals surface area contributed by atoms with Gasteiger partial charge in [-0.05, 0) is 28.6 Å². The molecule has 0 unspecified atom stereocenters. The Morgan fingerprint density at radius 2 is 2.14 bits per heavy atom. The van der Waals surface area contributed by atoms with E-state index in [1.54, 1.807) is 0 Å². The van der Waals surface area contributed by atoms with E-state index in [0.717, 1.165) is 4.63 Å². The molecule has 3 rings (SSSR count). The van der Waals surface area contributed by atoms with E-state index in [9.17, 15) is 14.9 Å². The zero-order chi connectivity index (χ0) is 14.8. The minimum absolute atomic E-state index is 0.0564. The highest BCUT2D eigenvalue weighted by atomic mass is 16.6. The lowest BCUT2D eigenvalue weighted by Gasteiger charge is -2.05. The number of benzene rings is 1. The zero-order valence-corrected chi connectivity index (χ0v) is 10.3. The van der Waals surface area contributed by atoms with Crippen molar-refractivity contribution in [3.63, 3.8) is 0 Å². The average molecular weight is 286 g/mol. The first-order chi connectivity index (χ1) is 10.2. The Balaban J connectivity index is 2.02. The van der Waals surface area contributed by atoms with Gasteiger partial charge in [-0.1, -0.05) is 0 Å². The molecule has 104 valence electrons. The first kappa shape index (κ1) is 12.6. The van der Waals surface area contributed by atoms with Gasteiger partial charge in [0, 0.05) is 17.7 Å². The van der Waals surface area contributed by atoms with Crippen molar-refractivity contribution in [2.45, 2.75) is 0 Å². The number of ether oxygens (including phenoxy) is 1. The van der Waals surface area contributed by atoms with Crippen LogP contribution in [0.5, 0.6) is 11.6 Å². The van der Waals surface area contributed by atoms with Crippen molar-refractivity contribution in [1.82, 2.24) is 25.3 Å². The van der Waals surface area contributed by atoms with Gasteiger partial charge < -0.3 is 4.74 Å². The van der Waals surface area contributed by atoms with Crippen molar-refractivity contribution < 1.29 is 14.5 Å². The fraction of sp³-hybridized carbons (Fsp3) is 0. The van der Waals surface area contributed by atoms with Crippen molar-refractivity contribution in [2.24, 2.45) is 0 Å². The Morgan fingerprint density at radius 3 is 2.90 bits per heavy atom. The molecule has 0 aliphatic carbocycles. The van der Waals surface area contributed by atoms with Crippen LogP contribution in [-0.2, 0) is 0 Å². The maximum Gasteiger partial charge on any atom is 0.311 e. The highest BCUT2D eigenvalue weighted by Crippen LogP contribution is 2.31. The standard InChI is InChI=1S/C11H6N6O4/c18-6-7-1-2-8(17(19)20)9(5-7)21-11-4-3-10-12-14-15-16(10)13-11/h1-6H. The van der Waals surface area contributed by atoms with Crippen LogP contribution in [0, 0.1) is 10.1 Å². The number of hydrogen-bond acceptors (Lipinski definition) is 8. The summed E-state index contributed by atoms with van der Waals surface area (Å²) < 4.78 is 6.48. The van der Waals surface area contributed by atoms with Crippen molar-refractivity contribution >= 4 is 17.6 Å². The van der Waals surface area contributed by atoms with Crippen molar-refractivity contribution in [2.75, 3.05) is 0 Å². The fourth-order valence-corrected chi connectivity index (χ4v) is 1.64. The molecule has 21 heavy (non-hydrogen) atoms. The largest absolute Gasteiger partial charge is 0.430 e. The number of tetrazole rings is 1. The topological polar surface area (TPSA) is 125 Å². The lowest BCUT2D eigenvalue weighted by Crippen LogP contribution is -1.99. The van der Waals surface area contributed by atoms with E-state index in [4.69, 9.17) is 4.74 Å². The molecule has 0 spiro atoms. The third-order valence-electron chi connectivity index (χ3n) is 2.58. The summed E-state index contributed by atoms with van der Waals surface area (Å²) in [6, 6.07) is 6.78. The minimum Gasteiger partial charge on any atom is -0.430 e. The summed E-state index contributed by atoms with van der Waals surface area (Å²) >= 11 is 0. The molecule has 0 aliphatic rings. The minimum atomic E-state index is -0.612. The number of nitro groups is 1. The lowest BCUT2D eigenvalue weighted by atomic mass is 10.2. The van der Waals surface area contributed by atoms with E-state index in [-0.39, 0.29) is 22.9 Å². The summed E-state index contributed by atoms with van der Waals surface area (Å²) in [5.41, 5.74) is 0.372. The first-order valence-electron chi connectivity index (χ1n) is 5.64. The number of nitrogens with zero attached hydrogens (tertiary/aromatic N) is 6. The summed E-state index contributed by atoms with van der Waals surface area (Å²) in [7, 11) is 0. The van der Waals surface area contributed by atoms with Crippen LogP contribution >= 0.6 is 0 Å². The fourth-order valence-electron chi connectivity index (χ4n) is 1.64. The molecular weight excluding hydrogens is 280 g/mol. The SMILES string of the molecule is O=Cc1ccc([N+](=O)[O-])c(Oc2ccc3nnnn3n2)c1. The number of aromatic nitrogens is 5. The number of fused-ring (bicyclic) bond motifs is 1. The molecule has 0 bridgehead atoms. The molecular formula is C11H6N6O4. The lowest BCUT2D eigenvalue weighted by molar-refractivity contribution is -0.385. The third-order valence-corrected chi connectivity index (χ3v) is 2.58. The number of hydrogen-bond donors (Lipinski definition) is 0. The Hall–Kier alpha value is -3.43. The van der Waals surface area contributed by atoms with Crippen molar-refractivity contribution in [3.05, 3.63) is 46.0 Å². The molecule has 0 N–H and O–H groups in total. The Morgan fingerprint density at radius 1 is 1.29 bits per heavy atom. The molecule has 0 atom stereocenters. The first-order valence-corrected chi connectivity index (χ1v) is 5.64. The zero-order valence-electron chi connectivity index (χ0n) is 10.3. The van der Waals surface area contributed by atoms with E-state index in [0.29, 0.717) is 11.9 Å². The molecule has 3 aromatic rings. The molecule has 0 aliphatic heterocycles. The smallest absolute Gasteiger partial charge is 0.311 e. The van der Waals surface area contributed by atoms with E-state index in [1.165, 1.54) is 30.3 Å². The summed E-state index contributed by atoms with van der Waals surface area (Å²) in [5.74, 6) is -0.0366. The van der Waals surface area contributed by atoms with E-state index in [1.807, 2.05) is 0 Å². The second-order valence-corrected chi connectivity index (χ2v) is 3.90. The second-order valence-electron chi connectivity index (χ2n) is 3.90. The monoisotopic (exact) mass is 286 g/mol. The molecule has 10 heteroatoms. The Kier molecular flexibility index (Phi) is 2.95. The maximum atomic E-state index is 11.0. The van der Waals surface area contributed by atoms with Gasteiger partial charge in [-0.2, -0.15) is 0 Å². The van der Waals surface area contributed by atoms with Gasteiger partial charge in [0.05, 0.1) is 4.92 Å². The summed E-state index contributed by atoms with van der Waals surface area (Å²) in [6.07, 6.45) is 0.564. The number of aldehydes is 1. The number of rotatable bonds is 4. The van der Waals surface area contributed by atoms with Crippen LogP contribution in [0.2, 0.25) is 0 Å². The molecule has 0 saturated heterocycles. The normalized spacial score (nSPS) is 10.5. The number of carbonyl (C=O) groups excluding carboxylic acids is 1. The number of carbonyl (C=O) groups is 1. The van der Waals surface area contributed by atoms with Gasteiger partial charge in [0.1, 0.15) is 6.29 Å². The van der Waals surface area contributed by atoms with Gasteiger partial charge in [0.15, 0.2) is 5.65 Å². The molecule has 10 nitrogen and oxygen atoms in total. The highest BCUT2D eigenvalue weighted by molar-refractivity contribution is 5.77. The summed E-state index contributed by atoms with van der Waals surface area (Å²) in [6.45, 7) is 0. The van der Waals surface area contributed by atoms with Crippen LogP contribution in [0.25, 0.3) is 5.65 Å². The van der Waals surface area contributed by atoms with Gasteiger partial charge in [0.2, 0.25) is 11.6 Å². The van der Waals surface area contributed by atoms with Crippen LogP contribution in [0.4, 0.5) is 5.69 Å². The molecule has 1 aromatic carbocycles. The third kappa shape index (κ3) is 2.36. The van der Waals surface area contributed by atoms with Crippen molar-refractivity contribution in [3.8, 4) is 11.6 Å². The van der Waals surface area contributed by atoms with Gasteiger partial charge >= 0.3 is 5.69 Å². The quantitative estimate of drug-likeness (QED) is 0.395. The van der Waals surface area contributed by atoms with Crippen LogP contribution < -0.4 is 4.74 Å². The van der Waals surface area contributed by atoms with Gasteiger partial charge in [-0.25, -0.2) is 0 Å². The molecule has 0 fully saturated rings. The highest BCUT2D eigenvalue weighted by Gasteiger charge is 2.17. The predicted octanol–water partition coefficient (Wildman–Crippen LogP) is 1.03. The van der Waals surface area contributed by atoms with Crippen LogP contribution in [0.15, 0.2) is 30.3 Å². The molecule has 0 saturated carbocycles. The van der Waals surface area contributed by atoms with Crippen LogP contribution in [0.3, 0.4) is 0 Å². The molecule has 2 heterocycles. The average Bonchev–Trinajstić information content (AvgIpc) is 2.94. The second kappa shape index (κ2) is 4.92. The Bertz CT molecular complexity index is 846. The molecule has 0 amide bonds. The van der Waals surface area contributed by atoms with Gasteiger partial charge in [0.25, 0.3) is 0 Å². The summed E-state index contributed by atoms with van der Waals surface area (Å²) in [5, 5.41) is 25.6. The predicted molar refractivity (Wildman–Crippen MR) is 67.1 cm³/mol. The number of nitro benzene ring substituents is 1. The maximum absolute atomic E-state index is 11.0. The van der Waals surface area contributed by atoms with E-state index in [2.05, 4.69) is 20.6 Å². The van der Waals surface area contributed by atoms with Crippen molar-refractivity contribution in [1.29, 1.82) is 0 Å². The molecule has 0 radical (unpaired) electrons.